The number of aromatic nitrogens is 1. The zero-order valence-electron chi connectivity index (χ0n) is 15.1. The van der Waals surface area contributed by atoms with Gasteiger partial charge in [-0.3, -0.25) is 9.59 Å². The molecule has 27 heavy (non-hydrogen) atoms. The van der Waals surface area contributed by atoms with Crippen LogP contribution in [0, 0.1) is 5.82 Å². The number of hydrogen-bond acceptors (Lipinski definition) is 2. The zero-order valence-corrected chi connectivity index (χ0v) is 15.1. The van der Waals surface area contributed by atoms with E-state index in [2.05, 4.69) is 10.3 Å². The number of aryl methyl sites for hydroxylation is 1. The number of nitrogens with one attached hydrogen (secondary N) is 2. The van der Waals surface area contributed by atoms with Crippen molar-refractivity contribution >= 4 is 16.8 Å². The number of pyridine rings is 1. The number of benzene rings is 2. The average molecular weight is 366 g/mol. The van der Waals surface area contributed by atoms with E-state index in [4.69, 9.17) is 0 Å². The summed E-state index contributed by atoms with van der Waals surface area (Å²) in [6.07, 6.45) is 3.44. The van der Waals surface area contributed by atoms with Crippen molar-refractivity contribution in [2.75, 3.05) is 6.54 Å². The molecule has 1 aromatic heterocycles. The Hall–Kier alpha value is -2.95. The number of carbonyl (C=O) groups excluding carboxylic acids is 1. The minimum atomic E-state index is -0.233. The number of H-pyrrole nitrogens is 1. The predicted octanol–water partition coefficient (Wildman–Crippen LogP) is 3.74. The summed E-state index contributed by atoms with van der Waals surface area (Å²) in [6, 6.07) is 16.0. The molecule has 4 nitrogen and oxygen atoms in total. The van der Waals surface area contributed by atoms with Gasteiger partial charge < -0.3 is 10.3 Å². The fraction of sp³-hybridized carbons (Fsp3) is 0.273. The van der Waals surface area contributed by atoms with Gasteiger partial charge in [0, 0.05) is 24.0 Å². The molecular weight excluding hydrogens is 343 g/mol. The van der Waals surface area contributed by atoms with Crippen LogP contribution in [0.3, 0.4) is 0 Å². The van der Waals surface area contributed by atoms with E-state index in [1.165, 1.54) is 12.1 Å². The number of halogens is 1. The molecular formula is C22H23FN2O2. The van der Waals surface area contributed by atoms with E-state index in [-0.39, 0.29) is 17.3 Å². The molecule has 2 N–H and O–H groups in total. The van der Waals surface area contributed by atoms with Crippen LogP contribution < -0.4 is 10.9 Å². The van der Waals surface area contributed by atoms with Gasteiger partial charge in [0.15, 0.2) is 0 Å². The number of unbranched alkanes of at least 4 members (excludes halogenated alkanes) is 1. The number of para-hydroxylation sites is 1. The van der Waals surface area contributed by atoms with Crippen LogP contribution in [0.5, 0.6) is 0 Å². The third kappa shape index (κ3) is 5.51. The lowest BCUT2D eigenvalue weighted by atomic mass is 10.1. The Balaban J connectivity index is 1.39. The van der Waals surface area contributed by atoms with Gasteiger partial charge in [-0.1, -0.05) is 30.3 Å². The van der Waals surface area contributed by atoms with Crippen LogP contribution in [-0.4, -0.2) is 17.4 Å². The molecule has 3 aromatic rings. The first-order valence-corrected chi connectivity index (χ1v) is 9.24. The Morgan fingerprint density at radius 3 is 2.59 bits per heavy atom. The average Bonchev–Trinajstić information content (AvgIpc) is 2.67. The Labute approximate surface area is 157 Å². The molecule has 0 bridgehead atoms. The van der Waals surface area contributed by atoms with Crippen LogP contribution in [0.1, 0.15) is 30.4 Å². The van der Waals surface area contributed by atoms with Crippen LogP contribution in [0.25, 0.3) is 10.9 Å². The number of hydrogen-bond donors (Lipinski definition) is 2. The summed E-state index contributed by atoms with van der Waals surface area (Å²) < 4.78 is 12.8. The van der Waals surface area contributed by atoms with Crippen molar-refractivity contribution in [1.82, 2.24) is 10.3 Å². The first-order valence-electron chi connectivity index (χ1n) is 9.24. The second kappa shape index (κ2) is 9.12. The largest absolute Gasteiger partial charge is 0.356 e. The standard InChI is InChI=1S/C22H23FN2O2/c23-19-11-9-16(10-12-19)5-1-4-8-21(26)24-14-13-18-15-17-6-2-3-7-20(17)25-22(18)27/h2-3,6-7,9-12,15H,1,4-5,8,13-14H2,(H,24,26)(H,25,27). The van der Waals surface area contributed by atoms with E-state index in [1.807, 2.05) is 30.3 Å². The summed E-state index contributed by atoms with van der Waals surface area (Å²) in [5.74, 6) is -0.241. The van der Waals surface area contributed by atoms with Gasteiger partial charge in [0.1, 0.15) is 5.82 Å². The van der Waals surface area contributed by atoms with E-state index in [0.29, 0.717) is 24.9 Å². The molecule has 0 aliphatic heterocycles. The van der Waals surface area contributed by atoms with Crippen LogP contribution in [-0.2, 0) is 17.6 Å². The fourth-order valence-corrected chi connectivity index (χ4v) is 3.07. The third-order valence-corrected chi connectivity index (χ3v) is 4.58. The molecule has 2 aromatic carbocycles. The van der Waals surface area contributed by atoms with Gasteiger partial charge in [-0.2, -0.15) is 0 Å². The molecule has 1 amide bonds. The van der Waals surface area contributed by atoms with E-state index in [1.54, 1.807) is 12.1 Å². The predicted molar refractivity (Wildman–Crippen MR) is 105 cm³/mol. The van der Waals surface area contributed by atoms with Gasteiger partial charge in [0.25, 0.3) is 5.56 Å². The fourth-order valence-electron chi connectivity index (χ4n) is 3.07. The summed E-state index contributed by atoms with van der Waals surface area (Å²) in [6.45, 7) is 0.443. The molecule has 0 unspecified atom stereocenters. The summed E-state index contributed by atoms with van der Waals surface area (Å²) in [4.78, 5) is 26.9. The molecule has 0 fully saturated rings. The minimum absolute atomic E-state index is 0.00803. The Morgan fingerprint density at radius 1 is 1.00 bits per heavy atom. The lowest BCUT2D eigenvalue weighted by Gasteiger charge is -2.06. The Morgan fingerprint density at radius 2 is 1.78 bits per heavy atom. The van der Waals surface area contributed by atoms with Gasteiger partial charge in [-0.15, -0.1) is 0 Å². The quantitative estimate of drug-likeness (QED) is 0.597. The highest BCUT2D eigenvalue weighted by Gasteiger charge is 2.05. The van der Waals surface area contributed by atoms with Crippen LogP contribution in [0.15, 0.2) is 59.4 Å². The molecule has 0 aliphatic rings. The van der Waals surface area contributed by atoms with Gasteiger partial charge in [-0.25, -0.2) is 4.39 Å². The van der Waals surface area contributed by atoms with Crippen molar-refractivity contribution in [1.29, 1.82) is 0 Å². The van der Waals surface area contributed by atoms with Crippen molar-refractivity contribution in [2.45, 2.75) is 32.1 Å². The summed E-state index contributed by atoms with van der Waals surface area (Å²) >= 11 is 0. The lowest BCUT2D eigenvalue weighted by Crippen LogP contribution is -2.27. The van der Waals surface area contributed by atoms with Crippen LogP contribution in [0.2, 0.25) is 0 Å². The molecule has 0 aliphatic carbocycles. The number of fused-ring (bicyclic) bond motifs is 1. The summed E-state index contributed by atoms with van der Waals surface area (Å²) in [5.41, 5.74) is 2.45. The molecule has 140 valence electrons. The van der Waals surface area contributed by atoms with Gasteiger partial charge in [0.2, 0.25) is 5.91 Å². The van der Waals surface area contributed by atoms with Crippen molar-refractivity contribution in [3.8, 4) is 0 Å². The van der Waals surface area contributed by atoms with Gasteiger partial charge in [-0.05, 0) is 60.9 Å². The molecule has 5 heteroatoms. The normalized spacial score (nSPS) is 10.9. The number of aromatic amines is 1. The highest BCUT2D eigenvalue weighted by atomic mass is 19.1. The number of amides is 1. The van der Waals surface area contributed by atoms with E-state index in [9.17, 15) is 14.0 Å². The highest BCUT2D eigenvalue weighted by Crippen LogP contribution is 2.10. The van der Waals surface area contributed by atoms with E-state index >= 15 is 0 Å². The van der Waals surface area contributed by atoms with Gasteiger partial charge >= 0.3 is 0 Å². The monoisotopic (exact) mass is 366 g/mol. The topological polar surface area (TPSA) is 62.0 Å². The molecule has 0 saturated carbocycles. The highest BCUT2D eigenvalue weighted by molar-refractivity contribution is 5.78. The lowest BCUT2D eigenvalue weighted by molar-refractivity contribution is -0.121. The van der Waals surface area contributed by atoms with E-state index in [0.717, 1.165) is 35.7 Å². The maximum atomic E-state index is 12.8. The van der Waals surface area contributed by atoms with Crippen molar-refractivity contribution in [3.63, 3.8) is 0 Å². The third-order valence-electron chi connectivity index (χ3n) is 4.58. The van der Waals surface area contributed by atoms with Crippen molar-refractivity contribution in [3.05, 3.63) is 81.9 Å². The molecule has 0 atom stereocenters. The van der Waals surface area contributed by atoms with Crippen molar-refractivity contribution < 1.29 is 9.18 Å². The van der Waals surface area contributed by atoms with E-state index < -0.39 is 0 Å². The first kappa shape index (κ1) is 18.8. The van der Waals surface area contributed by atoms with Gasteiger partial charge in [0.05, 0.1) is 0 Å². The smallest absolute Gasteiger partial charge is 0.251 e. The molecule has 0 radical (unpaired) electrons. The summed E-state index contributed by atoms with van der Waals surface area (Å²) in [7, 11) is 0. The molecule has 0 saturated heterocycles. The maximum Gasteiger partial charge on any atom is 0.251 e. The molecule has 3 rings (SSSR count). The number of carbonyl (C=O) groups is 1. The SMILES string of the molecule is O=C(CCCCc1ccc(F)cc1)NCCc1cc2ccccc2[nH]c1=O. The Bertz CT molecular complexity index is 964. The zero-order chi connectivity index (χ0) is 19.1. The first-order chi connectivity index (χ1) is 13.1. The second-order valence-electron chi connectivity index (χ2n) is 6.64. The minimum Gasteiger partial charge on any atom is -0.356 e. The molecule has 0 spiro atoms. The molecule has 1 heterocycles. The maximum absolute atomic E-state index is 12.8. The van der Waals surface area contributed by atoms with Crippen molar-refractivity contribution in [2.24, 2.45) is 0 Å². The second-order valence-corrected chi connectivity index (χ2v) is 6.64. The van der Waals surface area contributed by atoms with Crippen LogP contribution >= 0.6 is 0 Å². The van der Waals surface area contributed by atoms with Crippen LogP contribution in [0.4, 0.5) is 4.39 Å². The number of rotatable bonds is 8. The Kier molecular flexibility index (Phi) is 6.36. The summed E-state index contributed by atoms with van der Waals surface area (Å²) in [5, 5.41) is 3.86.